The van der Waals surface area contributed by atoms with Gasteiger partial charge in [-0.2, -0.15) is 11.8 Å². The van der Waals surface area contributed by atoms with Gasteiger partial charge in [0.25, 0.3) is 0 Å². The molecule has 0 aromatic carbocycles. The highest BCUT2D eigenvalue weighted by atomic mass is 32.2. The normalized spacial score (nSPS) is 11.9. The van der Waals surface area contributed by atoms with E-state index in [1.54, 1.807) is 23.5 Å². The molecule has 1 aromatic rings. The van der Waals surface area contributed by atoms with Crippen LogP contribution in [0, 0.1) is 0 Å². The van der Waals surface area contributed by atoms with Crippen LogP contribution in [0.1, 0.15) is 13.3 Å². The van der Waals surface area contributed by atoms with Gasteiger partial charge in [0.15, 0.2) is 4.34 Å². The predicted molar refractivity (Wildman–Crippen MR) is 84.4 cm³/mol. The Morgan fingerprint density at radius 1 is 1.45 bits per heavy atom. The van der Waals surface area contributed by atoms with Gasteiger partial charge in [0.2, 0.25) is 11.0 Å². The number of urea groups is 1. The van der Waals surface area contributed by atoms with Crippen molar-refractivity contribution in [3.8, 4) is 0 Å². The third-order valence-electron chi connectivity index (χ3n) is 2.15. The van der Waals surface area contributed by atoms with E-state index < -0.39 is 12.1 Å². The summed E-state index contributed by atoms with van der Waals surface area (Å²) in [5.41, 5.74) is 5.07. The molecule has 0 bridgehead atoms. The Kier molecular flexibility index (Phi) is 7.70. The third-order valence-corrected chi connectivity index (χ3v) is 4.65. The molecule has 10 heteroatoms. The summed E-state index contributed by atoms with van der Waals surface area (Å²) in [5.74, 6) is 1.30. The minimum absolute atomic E-state index is 0.331. The highest BCUT2D eigenvalue weighted by Crippen LogP contribution is 2.25. The molecule has 0 saturated heterocycles. The summed E-state index contributed by atoms with van der Waals surface area (Å²) in [5, 5.41) is 13.3. The van der Waals surface area contributed by atoms with Crippen molar-refractivity contribution >= 4 is 51.9 Å². The van der Waals surface area contributed by atoms with E-state index in [1.807, 2.05) is 13.2 Å². The number of nitrogens with two attached hydrogens (primary N) is 1. The molecule has 20 heavy (non-hydrogen) atoms. The van der Waals surface area contributed by atoms with Crippen molar-refractivity contribution in [2.45, 2.75) is 23.7 Å². The van der Waals surface area contributed by atoms with Gasteiger partial charge in [0.1, 0.15) is 6.04 Å². The molecule has 1 atom stereocenters. The summed E-state index contributed by atoms with van der Waals surface area (Å²) < 4.78 is 0.798. The number of hydrogen-bond acceptors (Lipinski definition) is 7. The number of nitrogens with one attached hydrogen (secondary N) is 2. The van der Waals surface area contributed by atoms with Crippen molar-refractivity contribution in [3.63, 3.8) is 0 Å². The molecule has 0 spiro atoms. The number of amides is 3. The number of anilines is 1. The molecule has 1 unspecified atom stereocenters. The molecule has 0 saturated carbocycles. The number of hydrogen-bond donors (Lipinski definition) is 3. The van der Waals surface area contributed by atoms with Crippen LogP contribution in [0.15, 0.2) is 4.34 Å². The molecule has 7 nitrogen and oxygen atoms in total. The van der Waals surface area contributed by atoms with Crippen molar-refractivity contribution in [1.82, 2.24) is 15.5 Å². The lowest BCUT2D eigenvalue weighted by atomic mass is 10.2. The van der Waals surface area contributed by atoms with Crippen LogP contribution < -0.4 is 16.4 Å². The van der Waals surface area contributed by atoms with E-state index in [4.69, 9.17) is 5.73 Å². The van der Waals surface area contributed by atoms with E-state index in [-0.39, 0.29) is 5.91 Å². The van der Waals surface area contributed by atoms with E-state index in [9.17, 15) is 9.59 Å². The average molecular weight is 335 g/mol. The van der Waals surface area contributed by atoms with Crippen LogP contribution in [0.3, 0.4) is 0 Å². The van der Waals surface area contributed by atoms with Crippen LogP contribution in [0.2, 0.25) is 0 Å². The van der Waals surface area contributed by atoms with E-state index in [2.05, 4.69) is 20.8 Å². The standard InChI is InChI=1S/C10H17N5O2S3/c1-3-19-10-15-14-9(20-10)13-7(16)6(4-5-18-2)12-8(11)17/h6H,3-5H2,1-2H3,(H3,11,12,17)(H,13,14,16). The number of nitrogens with zero attached hydrogens (tertiary/aromatic N) is 2. The first kappa shape index (κ1) is 17.1. The Morgan fingerprint density at radius 2 is 2.20 bits per heavy atom. The van der Waals surface area contributed by atoms with Gasteiger partial charge in [-0.3, -0.25) is 10.1 Å². The summed E-state index contributed by atoms with van der Waals surface area (Å²) in [6, 6.07) is -1.38. The van der Waals surface area contributed by atoms with E-state index in [0.29, 0.717) is 11.6 Å². The van der Waals surface area contributed by atoms with Crippen molar-refractivity contribution in [2.75, 3.05) is 23.1 Å². The van der Waals surface area contributed by atoms with Crippen LogP contribution in [0.25, 0.3) is 0 Å². The molecule has 3 amide bonds. The SMILES string of the molecule is CCSc1nnc(NC(=O)C(CCSC)NC(N)=O)s1. The Balaban J connectivity index is 2.60. The monoisotopic (exact) mass is 335 g/mol. The van der Waals surface area contributed by atoms with Crippen molar-refractivity contribution in [3.05, 3.63) is 0 Å². The number of carbonyl (C=O) groups is 2. The second-order valence-electron chi connectivity index (χ2n) is 3.64. The lowest BCUT2D eigenvalue weighted by molar-refractivity contribution is -0.117. The van der Waals surface area contributed by atoms with Crippen molar-refractivity contribution < 1.29 is 9.59 Å². The minimum Gasteiger partial charge on any atom is -0.352 e. The van der Waals surface area contributed by atoms with E-state index >= 15 is 0 Å². The molecule has 0 radical (unpaired) electrons. The van der Waals surface area contributed by atoms with Crippen LogP contribution in [-0.4, -0.2) is 45.9 Å². The fraction of sp³-hybridized carbons (Fsp3) is 0.600. The lowest BCUT2D eigenvalue weighted by Crippen LogP contribution is -2.46. The van der Waals surface area contributed by atoms with Gasteiger partial charge in [-0.1, -0.05) is 30.0 Å². The number of carbonyl (C=O) groups excluding carboxylic acids is 2. The molecule has 1 aromatic heterocycles. The lowest BCUT2D eigenvalue weighted by Gasteiger charge is -2.15. The number of thioether (sulfide) groups is 2. The van der Waals surface area contributed by atoms with Gasteiger partial charge in [0.05, 0.1) is 0 Å². The Labute approximate surface area is 129 Å². The molecule has 0 aliphatic carbocycles. The molecule has 112 valence electrons. The van der Waals surface area contributed by atoms with Crippen LogP contribution in [0.5, 0.6) is 0 Å². The largest absolute Gasteiger partial charge is 0.352 e. The van der Waals surface area contributed by atoms with Crippen molar-refractivity contribution in [1.29, 1.82) is 0 Å². The minimum atomic E-state index is -0.717. The average Bonchev–Trinajstić information content (AvgIpc) is 2.81. The van der Waals surface area contributed by atoms with Gasteiger partial charge >= 0.3 is 6.03 Å². The summed E-state index contributed by atoms with van der Waals surface area (Å²) in [6.45, 7) is 2.01. The van der Waals surface area contributed by atoms with Gasteiger partial charge in [0, 0.05) is 0 Å². The number of primary amides is 1. The first-order valence-electron chi connectivity index (χ1n) is 5.88. The van der Waals surface area contributed by atoms with E-state index in [0.717, 1.165) is 15.8 Å². The zero-order valence-corrected chi connectivity index (χ0v) is 13.7. The zero-order valence-electron chi connectivity index (χ0n) is 11.2. The highest BCUT2D eigenvalue weighted by Gasteiger charge is 2.20. The third kappa shape index (κ3) is 5.97. The summed E-state index contributed by atoms with van der Waals surface area (Å²) in [4.78, 5) is 23.0. The molecule has 1 heterocycles. The van der Waals surface area contributed by atoms with Gasteiger partial charge in [-0.05, 0) is 24.2 Å². The smallest absolute Gasteiger partial charge is 0.312 e. The molecular weight excluding hydrogens is 318 g/mol. The van der Waals surface area contributed by atoms with E-state index in [1.165, 1.54) is 11.3 Å². The summed E-state index contributed by atoms with van der Waals surface area (Å²) in [6.07, 6.45) is 2.43. The quantitative estimate of drug-likeness (QED) is 0.489. The second kappa shape index (κ2) is 9.03. The predicted octanol–water partition coefficient (Wildman–Crippen LogP) is 1.38. The fourth-order valence-corrected chi connectivity index (χ4v) is 3.43. The molecule has 0 fully saturated rings. The molecule has 0 aliphatic heterocycles. The Hall–Kier alpha value is -1.00. The summed E-state index contributed by atoms with van der Waals surface area (Å²) >= 11 is 4.45. The topological polar surface area (TPSA) is 110 Å². The van der Waals surface area contributed by atoms with Gasteiger partial charge < -0.3 is 11.1 Å². The second-order valence-corrected chi connectivity index (χ2v) is 7.11. The maximum absolute atomic E-state index is 12.1. The number of rotatable bonds is 8. The highest BCUT2D eigenvalue weighted by molar-refractivity contribution is 8.01. The number of aromatic nitrogens is 2. The maximum atomic E-state index is 12.1. The van der Waals surface area contributed by atoms with Gasteiger partial charge in [-0.15, -0.1) is 10.2 Å². The van der Waals surface area contributed by atoms with Crippen LogP contribution in [0.4, 0.5) is 9.93 Å². The Morgan fingerprint density at radius 3 is 2.80 bits per heavy atom. The van der Waals surface area contributed by atoms with Gasteiger partial charge in [-0.25, -0.2) is 4.79 Å². The summed E-state index contributed by atoms with van der Waals surface area (Å²) in [7, 11) is 0. The van der Waals surface area contributed by atoms with Crippen molar-refractivity contribution in [2.24, 2.45) is 5.73 Å². The molecule has 1 rings (SSSR count). The first-order valence-corrected chi connectivity index (χ1v) is 9.08. The molecule has 0 aliphatic rings. The van der Waals surface area contributed by atoms with Crippen LogP contribution in [-0.2, 0) is 4.79 Å². The zero-order chi connectivity index (χ0) is 15.0. The maximum Gasteiger partial charge on any atom is 0.312 e. The molecule has 4 N–H and O–H groups in total. The Bertz CT molecular complexity index is 454. The van der Waals surface area contributed by atoms with Crippen LogP contribution >= 0.6 is 34.9 Å². The first-order chi connectivity index (χ1) is 9.56. The molecular formula is C10H17N5O2S3. The fourth-order valence-electron chi connectivity index (χ4n) is 1.31.